The lowest BCUT2D eigenvalue weighted by molar-refractivity contribution is -0.292. The second kappa shape index (κ2) is 11.3. The fourth-order valence-corrected chi connectivity index (χ4v) is 3.95. The van der Waals surface area contributed by atoms with Gasteiger partial charge in [-0.2, -0.15) is 31.8 Å². The van der Waals surface area contributed by atoms with Gasteiger partial charge in [0.15, 0.2) is 5.82 Å². The predicted molar refractivity (Wildman–Crippen MR) is 140 cm³/mol. The van der Waals surface area contributed by atoms with Crippen LogP contribution >= 0.6 is 11.6 Å². The van der Waals surface area contributed by atoms with Crippen molar-refractivity contribution in [3.63, 3.8) is 0 Å². The highest BCUT2D eigenvalue weighted by Gasteiger charge is 2.62. The predicted octanol–water partition coefficient (Wildman–Crippen LogP) is 4.84. The molecule has 0 aliphatic heterocycles. The summed E-state index contributed by atoms with van der Waals surface area (Å²) >= 11 is 6.25. The van der Waals surface area contributed by atoms with Gasteiger partial charge in [-0.3, -0.25) is 9.59 Å². The zero-order valence-corrected chi connectivity index (χ0v) is 23.5. The van der Waals surface area contributed by atoms with E-state index in [4.69, 9.17) is 11.6 Å². The number of aryl methyl sites for hydroxylation is 1. The number of pyridine rings is 1. The Balaban J connectivity index is 1.74. The normalized spacial score (nSPS) is 12.3. The number of benzene rings is 1. The van der Waals surface area contributed by atoms with E-state index >= 15 is 0 Å². The van der Waals surface area contributed by atoms with Crippen LogP contribution in [-0.4, -0.2) is 58.5 Å². The molecule has 3 heterocycles. The Morgan fingerprint density at radius 3 is 2.35 bits per heavy atom. The van der Waals surface area contributed by atoms with E-state index in [-0.39, 0.29) is 39.0 Å². The first-order valence-corrected chi connectivity index (χ1v) is 12.6. The molecule has 0 aliphatic carbocycles. The Kier molecular flexibility index (Phi) is 8.23. The average molecular weight is 630 g/mol. The zero-order chi connectivity index (χ0) is 31.9. The summed E-state index contributed by atoms with van der Waals surface area (Å²) < 4.78 is 80.7. The van der Waals surface area contributed by atoms with Gasteiger partial charge in [-0.25, -0.2) is 14.1 Å². The molecule has 228 valence electrons. The molecule has 0 fully saturated rings. The Bertz CT molecular complexity index is 1700. The summed E-state index contributed by atoms with van der Waals surface area (Å²) in [4.78, 5) is 31.1. The molecule has 0 saturated carbocycles. The SMILES string of the molecule is Cc1cc(F)cc(C(=O)NC(C)(C)C)c1NC(=O)c1cc(Cn2nnc(C(F)(F)C(F)(F)F)n2)nn1-c1ncccc1Cl. The number of aromatic nitrogens is 7. The summed E-state index contributed by atoms with van der Waals surface area (Å²) in [5, 5.41) is 18.7. The molecule has 43 heavy (non-hydrogen) atoms. The van der Waals surface area contributed by atoms with Gasteiger partial charge in [0.2, 0.25) is 0 Å². The van der Waals surface area contributed by atoms with Gasteiger partial charge in [-0.05, 0) is 68.8 Å². The van der Waals surface area contributed by atoms with Crippen LogP contribution in [0.15, 0.2) is 36.5 Å². The number of amides is 2. The number of alkyl halides is 5. The van der Waals surface area contributed by atoms with Crippen molar-refractivity contribution in [2.24, 2.45) is 0 Å². The number of nitrogens with one attached hydrogen (secondary N) is 2. The molecular formula is C25H22ClF6N9O2. The summed E-state index contributed by atoms with van der Waals surface area (Å²) in [6.45, 7) is 6.01. The molecule has 0 spiro atoms. The van der Waals surface area contributed by atoms with Gasteiger partial charge in [-0.1, -0.05) is 11.6 Å². The van der Waals surface area contributed by atoms with Crippen molar-refractivity contribution in [1.82, 2.24) is 40.3 Å². The topological polar surface area (TPSA) is 133 Å². The molecule has 0 atom stereocenters. The maximum absolute atomic E-state index is 14.3. The first-order chi connectivity index (χ1) is 19.9. The second-order valence-corrected chi connectivity index (χ2v) is 10.7. The van der Waals surface area contributed by atoms with Crippen molar-refractivity contribution in [1.29, 1.82) is 0 Å². The van der Waals surface area contributed by atoms with Gasteiger partial charge >= 0.3 is 12.1 Å². The lowest BCUT2D eigenvalue weighted by atomic mass is 10.0. The van der Waals surface area contributed by atoms with Crippen molar-refractivity contribution < 1.29 is 35.9 Å². The molecule has 0 radical (unpaired) electrons. The number of hydrogen-bond acceptors (Lipinski definition) is 7. The molecule has 0 saturated heterocycles. The highest BCUT2D eigenvalue weighted by molar-refractivity contribution is 6.32. The summed E-state index contributed by atoms with van der Waals surface area (Å²) in [5.74, 6) is -9.55. The number of hydrogen-bond donors (Lipinski definition) is 2. The summed E-state index contributed by atoms with van der Waals surface area (Å²) in [6, 6.07) is 6.15. The number of carbonyl (C=O) groups excluding carboxylic acids is 2. The fraction of sp³-hybridized carbons (Fsp3) is 0.320. The molecule has 18 heteroatoms. The van der Waals surface area contributed by atoms with E-state index < -0.39 is 47.6 Å². The minimum Gasteiger partial charge on any atom is -0.347 e. The van der Waals surface area contributed by atoms with Crippen molar-refractivity contribution in [3.05, 3.63) is 75.7 Å². The van der Waals surface area contributed by atoms with Crippen LogP contribution in [0.3, 0.4) is 0 Å². The van der Waals surface area contributed by atoms with Gasteiger partial charge in [0.25, 0.3) is 17.6 Å². The number of anilines is 1. The molecule has 4 aromatic rings. The molecule has 0 bridgehead atoms. The third-order valence-corrected chi connectivity index (χ3v) is 5.89. The molecule has 4 rings (SSSR count). The largest absolute Gasteiger partial charge is 0.461 e. The maximum atomic E-state index is 14.3. The highest BCUT2D eigenvalue weighted by Crippen LogP contribution is 2.41. The van der Waals surface area contributed by atoms with Crippen molar-refractivity contribution in [2.75, 3.05) is 5.32 Å². The Labute approximate surface area is 244 Å². The molecule has 0 aliphatic rings. The lowest BCUT2D eigenvalue weighted by Crippen LogP contribution is -2.41. The van der Waals surface area contributed by atoms with E-state index in [0.717, 1.165) is 22.9 Å². The van der Waals surface area contributed by atoms with E-state index in [0.29, 0.717) is 4.80 Å². The first-order valence-electron chi connectivity index (χ1n) is 12.2. The molecule has 1 aromatic carbocycles. The van der Waals surface area contributed by atoms with Crippen LogP contribution in [0.5, 0.6) is 0 Å². The Morgan fingerprint density at radius 2 is 1.72 bits per heavy atom. The van der Waals surface area contributed by atoms with Crippen LogP contribution in [0, 0.1) is 12.7 Å². The quantitative estimate of drug-likeness (QED) is 0.280. The van der Waals surface area contributed by atoms with Gasteiger partial charge in [0, 0.05) is 11.7 Å². The smallest absolute Gasteiger partial charge is 0.347 e. The molecular weight excluding hydrogens is 608 g/mol. The molecule has 3 aromatic heterocycles. The number of carbonyl (C=O) groups is 2. The van der Waals surface area contributed by atoms with E-state index in [1.54, 1.807) is 20.8 Å². The van der Waals surface area contributed by atoms with Gasteiger partial charge in [0.05, 0.1) is 22.0 Å². The molecule has 2 N–H and O–H groups in total. The Hall–Kier alpha value is -4.54. The zero-order valence-electron chi connectivity index (χ0n) is 22.8. The third kappa shape index (κ3) is 6.76. The van der Waals surface area contributed by atoms with Gasteiger partial charge in [0.1, 0.15) is 18.1 Å². The maximum Gasteiger partial charge on any atom is 0.461 e. The summed E-state index contributed by atoms with van der Waals surface area (Å²) in [6.07, 6.45) is -4.61. The van der Waals surface area contributed by atoms with Gasteiger partial charge in [-0.15, -0.1) is 10.2 Å². The summed E-state index contributed by atoms with van der Waals surface area (Å²) in [5.41, 5.74) is -1.02. The van der Waals surface area contributed by atoms with Crippen molar-refractivity contribution >= 4 is 29.1 Å². The number of rotatable bonds is 7. The molecule has 2 amide bonds. The van der Waals surface area contributed by atoms with Crippen molar-refractivity contribution in [2.45, 2.75) is 51.9 Å². The van der Waals surface area contributed by atoms with E-state index in [9.17, 15) is 35.9 Å². The highest BCUT2D eigenvalue weighted by atomic mass is 35.5. The third-order valence-electron chi connectivity index (χ3n) is 5.60. The van der Waals surface area contributed by atoms with Gasteiger partial charge < -0.3 is 10.6 Å². The minimum atomic E-state index is -5.95. The van der Waals surface area contributed by atoms with E-state index in [1.165, 1.54) is 25.3 Å². The first kappa shape index (κ1) is 31.4. The van der Waals surface area contributed by atoms with Crippen LogP contribution in [0.2, 0.25) is 5.02 Å². The van der Waals surface area contributed by atoms with Crippen LogP contribution in [-0.2, 0) is 12.5 Å². The molecule has 0 unspecified atom stereocenters. The molecule has 11 nitrogen and oxygen atoms in total. The van der Waals surface area contributed by atoms with Crippen LogP contribution < -0.4 is 10.6 Å². The van der Waals surface area contributed by atoms with E-state index in [1.807, 2.05) is 0 Å². The minimum absolute atomic E-state index is 0.0217. The number of tetrazole rings is 1. The lowest BCUT2D eigenvalue weighted by Gasteiger charge is -2.22. The fourth-order valence-electron chi connectivity index (χ4n) is 3.74. The van der Waals surface area contributed by atoms with E-state index in [2.05, 4.69) is 36.1 Å². The number of nitrogens with zero attached hydrogens (tertiary/aromatic N) is 7. The average Bonchev–Trinajstić information content (AvgIpc) is 3.52. The standard InChI is InChI=1S/C25H22ClF6N9O2/c1-12-8-13(27)9-15(20(42)35-23(2,3)4)18(12)34-21(43)17-10-14(37-41(17)19-16(26)6-5-7-33-19)11-40-38-22(36-39-40)24(28,29)25(30,31)32/h5-10H,11H2,1-4H3,(H,34,43)(H,35,42). The monoisotopic (exact) mass is 629 g/mol. The van der Waals surface area contributed by atoms with Crippen LogP contribution in [0.1, 0.15) is 58.7 Å². The van der Waals surface area contributed by atoms with Crippen molar-refractivity contribution in [3.8, 4) is 5.82 Å². The Morgan fingerprint density at radius 1 is 1.02 bits per heavy atom. The van der Waals surface area contributed by atoms with Crippen LogP contribution in [0.25, 0.3) is 5.82 Å². The second-order valence-electron chi connectivity index (χ2n) is 10.3. The van der Waals surface area contributed by atoms with Crippen LogP contribution in [0.4, 0.5) is 32.0 Å². The number of halogens is 7. The summed E-state index contributed by atoms with van der Waals surface area (Å²) in [7, 11) is 0.